The maximum Gasteiger partial charge on any atom is 0.205 e. The van der Waals surface area contributed by atoms with Gasteiger partial charge in [0.1, 0.15) is 4.47 Å². The minimum atomic E-state index is 0.560. The van der Waals surface area contributed by atoms with Gasteiger partial charge >= 0.3 is 0 Å². The molecule has 2 nitrogen and oxygen atoms in total. The summed E-state index contributed by atoms with van der Waals surface area (Å²) in [5.74, 6) is 0. The Morgan fingerprint density at radius 3 is 2.80 bits per heavy atom. The SMILES string of the molecule is Cc1c(Br)c(Cl)cc[n+]1[O-]. The molecular weight excluding hydrogens is 217 g/mol. The molecule has 1 heterocycles. The van der Waals surface area contributed by atoms with Crippen LogP contribution in [-0.2, 0) is 0 Å². The van der Waals surface area contributed by atoms with Crippen molar-refractivity contribution in [2.45, 2.75) is 6.92 Å². The molecule has 0 saturated heterocycles. The van der Waals surface area contributed by atoms with Gasteiger partial charge < -0.3 is 5.21 Å². The first-order chi connectivity index (χ1) is 4.63. The summed E-state index contributed by atoms with van der Waals surface area (Å²) in [5, 5.41) is 11.4. The van der Waals surface area contributed by atoms with E-state index in [0.717, 1.165) is 4.73 Å². The Bertz CT molecular complexity index is 237. The molecule has 0 aliphatic carbocycles. The van der Waals surface area contributed by atoms with Gasteiger partial charge in [-0.25, -0.2) is 0 Å². The zero-order chi connectivity index (χ0) is 7.72. The second-order valence-electron chi connectivity index (χ2n) is 1.89. The Morgan fingerprint density at radius 2 is 2.30 bits per heavy atom. The number of rotatable bonds is 0. The fraction of sp³-hybridized carbons (Fsp3) is 0.167. The van der Waals surface area contributed by atoms with E-state index in [1.165, 1.54) is 6.20 Å². The average Bonchev–Trinajstić information content (AvgIpc) is 1.93. The maximum atomic E-state index is 10.8. The number of hydrogen-bond donors (Lipinski definition) is 0. The molecular formula is C6H5BrClNO. The van der Waals surface area contributed by atoms with E-state index in [9.17, 15) is 5.21 Å². The molecule has 1 aromatic rings. The van der Waals surface area contributed by atoms with E-state index in [2.05, 4.69) is 15.9 Å². The van der Waals surface area contributed by atoms with Crippen molar-refractivity contribution in [2.75, 3.05) is 0 Å². The van der Waals surface area contributed by atoms with Crippen LogP contribution in [0.1, 0.15) is 5.69 Å². The second-order valence-corrected chi connectivity index (χ2v) is 3.09. The fourth-order valence-electron chi connectivity index (χ4n) is 0.588. The third kappa shape index (κ3) is 1.25. The highest BCUT2D eigenvalue weighted by Gasteiger charge is 2.07. The highest BCUT2D eigenvalue weighted by molar-refractivity contribution is 9.10. The van der Waals surface area contributed by atoms with Gasteiger partial charge in [-0.15, -0.1) is 0 Å². The van der Waals surface area contributed by atoms with Crippen molar-refractivity contribution < 1.29 is 4.73 Å². The Hall–Kier alpha value is -0.280. The molecule has 0 amide bonds. The molecule has 0 unspecified atom stereocenters. The highest BCUT2D eigenvalue weighted by Crippen LogP contribution is 2.22. The van der Waals surface area contributed by atoms with Crippen LogP contribution in [0.25, 0.3) is 0 Å². The van der Waals surface area contributed by atoms with Crippen LogP contribution in [0.15, 0.2) is 16.7 Å². The van der Waals surface area contributed by atoms with E-state index in [1.807, 2.05) is 0 Å². The molecule has 0 saturated carbocycles. The Labute approximate surface area is 72.1 Å². The van der Waals surface area contributed by atoms with Gasteiger partial charge in [-0.05, 0) is 15.9 Å². The minimum Gasteiger partial charge on any atom is -0.618 e. The summed E-state index contributed by atoms with van der Waals surface area (Å²) < 4.78 is 1.42. The number of hydrogen-bond acceptors (Lipinski definition) is 1. The summed E-state index contributed by atoms with van der Waals surface area (Å²) in [5.41, 5.74) is 0.576. The predicted molar refractivity (Wildman–Crippen MR) is 42.8 cm³/mol. The lowest BCUT2D eigenvalue weighted by Gasteiger charge is -2.01. The van der Waals surface area contributed by atoms with Gasteiger partial charge in [0.15, 0.2) is 6.20 Å². The summed E-state index contributed by atoms with van der Waals surface area (Å²) in [7, 11) is 0. The lowest BCUT2D eigenvalue weighted by molar-refractivity contribution is -0.612. The van der Waals surface area contributed by atoms with Crippen LogP contribution in [-0.4, -0.2) is 0 Å². The van der Waals surface area contributed by atoms with Crippen molar-refractivity contribution >= 4 is 27.5 Å². The zero-order valence-corrected chi connectivity index (χ0v) is 7.61. The van der Waals surface area contributed by atoms with Gasteiger partial charge in [-0.2, -0.15) is 4.73 Å². The van der Waals surface area contributed by atoms with Crippen LogP contribution in [0.3, 0.4) is 0 Å². The molecule has 0 aliphatic heterocycles. The molecule has 1 rings (SSSR count). The second kappa shape index (κ2) is 2.76. The first-order valence-electron chi connectivity index (χ1n) is 2.66. The molecule has 0 bridgehead atoms. The Balaban J connectivity index is 3.34. The number of halogens is 2. The quantitative estimate of drug-likeness (QED) is 0.487. The molecule has 4 heteroatoms. The smallest absolute Gasteiger partial charge is 0.205 e. The third-order valence-electron chi connectivity index (χ3n) is 1.21. The standard InChI is InChI=1S/C6H5BrClNO/c1-4-6(7)5(8)2-3-9(4)10/h2-3H,1H3. The maximum absolute atomic E-state index is 10.8. The monoisotopic (exact) mass is 221 g/mol. The first-order valence-corrected chi connectivity index (χ1v) is 3.84. The lowest BCUT2D eigenvalue weighted by Crippen LogP contribution is -2.29. The van der Waals surface area contributed by atoms with Crippen molar-refractivity contribution in [3.8, 4) is 0 Å². The molecule has 0 aromatic carbocycles. The van der Waals surface area contributed by atoms with Crippen LogP contribution in [0, 0.1) is 12.1 Å². The first kappa shape index (κ1) is 7.82. The number of nitrogens with zero attached hydrogens (tertiary/aromatic N) is 1. The van der Waals surface area contributed by atoms with Crippen molar-refractivity contribution in [1.82, 2.24) is 0 Å². The normalized spacial score (nSPS) is 9.90. The Morgan fingerprint density at radius 1 is 1.70 bits per heavy atom. The molecule has 0 atom stereocenters. The Kier molecular flexibility index (Phi) is 2.16. The van der Waals surface area contributed by atoms with Gasteiger partial charge in [0.25, 0.3) is 0 Å². The van der Waals surface area contributed by atoms with Crippen LogP contribution < -0.4 is 4.73 Å². The molecule has 0 radical (unpaired) electrons. The molecule has 10 heavy (non-hydrogen) atoms. The van der Waals surface area contributed by atoms with Crippen molar-refractivity contribution in [3.63, 3.8) is 0 Å². The van der Waals surface area contributed by atoms with Gasteiger partial charge in [0, 0.05) is 13.0 Å². The zero-order valence-electron chi connectivity index (χ0n) is 5.27. The van der Waals surface area contributed by atoms with Gasteiger partial charge in [0.05, 0.1) is 5.02 Å². The van der Waals surface area contributed by atoms with E-state index < -0.39 is 0 Å². The van der Waals surface area contributed by atoms with E-state index in [0.29, 0.717) is 15.2 Å². The summed E-state index contributed by atoms with van der Waals surface area (Å²) >= 11 is 8.86. The van der Waals surface area contributed by atoms with E-state index in [-0.39, 0.29) is 0 Å². The van der Waals surface area contributed by atoms with E-state index in [1.54, 1.807) is 13.0 Å². The van der Waals surface area contributed by atoms with Gasteiger partial charge in [-0.1, -0.05) is 11.6 Å². The lowest BCUT2D eigenvalue weighted by atomic mass is 10.4. The van der Waals surface area contributed by atoms with Gasteiger partial charge in [-0.3, -0.25) is 0 Å². The number of pyridine rings is 1. The molecule has 0 N–H and O–H groups in total. The van der Waals surface area contributed by atoms with Crippen LogP contribution in [0.5, 0.6) is 0 Å². The predicted octanol–water partition coefficient (Wildman–Crippen LogP) is 2.04. The van der Waals surface area contributed by atoms with Crippen LogP contribution in [0.4, 0.5) is 0 Å². The average molecular weight is 222 g/mol. The minimum absolute atomic E-state index is 0.560. The van der Waals surface area contributed by atoms with E-state index in [4.69, 9.17) is 11.6 Å². The largest absolute Gasteiger partial charge is 0.618 e. The summed E-state index contributed by atoms with van der Waals surface area (Å²) in [6.45, 7) is 1.70. The summed E-state index contributed by atoms with van der Waals surface area (Å²) in [4.78, 5) is 0. The summed E-state index contributed by atoms with van der Waals surface area (Å²) in [6, 6.07) is 1.55. The fourth-order valence-corrected chi connectivity index (χ4v) is 1.09. The molecule has 0 spiro atoms. The van der Waals surface area contributed by atoms with E-state index >= 15 is 0 Å². The molecule has 54 valence electrons. The topological polar surface area (TPSA) is 26.9 Å². The summed E-state index contributed by atoms with van der Waals surface area (Å²) in [6.07, 6.45) is 1.38. The highest BCUT2D eigenvalue weighted by atomic mass is 79.9. The van der Waals surface area contributed by atoms with Crippen molar-refractivity contribution in [2.24, 2.45) is 0 Å². The van der Waals surface area contributed by atoms with Crippen LogP contribution in [0.2, 0.25) is 5.02 Å². The van der Waals surface area contributed by atoms with Gasteiger partial charge in [0.2, 0.25) is 5.69 Å². The van der Waals surface area contributed by atoms with Crippen LogP contribution >= 0.6 is 27.5 Å². The van der Waals surface area contributed by atoms with Crippen molar-refractivity contribution in [3.05, 3.63) is 32.7 Å². The molecule has 0 fully saturated rings. The third-order valence-corrected chi connectivity index (χ3v) is 2.76. The van der Waals surface area contributed by atoms with Crippen molar-refractivity contribution in [1.29, 1.82) is 0 Å². The molecule has 1 aromatic heterocycles. The number of aromatic nitrogens is 1. The molecule has 0 aliphatic rings.